The summed E-state index contributed by atoms with van der Waals surface area (Å²) in [5, 5.41) is 4.80. The lowest BCUT2D eigenvalue weighted by Gasteiger charge is -2.37. The van der Waals surface area contributed by atoms with Crippen LogP contribution in [0.25, 0.3) is 21.8 Å². The number of allylic oxidation sites excluding steroid dienone is 1. The highest BCUT2D eigenvalue weighted by Gasteiger charge is 2.41. The zero-order valence-electron chi connectivity index (χ0n) is 28.8. The van der Waals surface area contributed by atoms with Crippen LogP contribution in [0.3, 0.4) is 0 Å². The van der Waals surface area contributed by atoms with Crippen LogP contribution in [-0.4, -0.2) is 60.0 Å². The molecular formula is C37H46N6O4. The molecule has 0 N–H and O–H groups in total. The number of aromatic nitrogens is 3. The lowest BCUT2D eigenvalue weighted by molar-refractivity contribution is -0.150. The zero-order valence-corrected chi connectivity index (χ0v) is 28.8. The number of carbonyl (C=O) groups excluding carboxylic acids is 1. The van der Waals surface area contributed by atoms with Crippen LogP contribution in [-0.2, 0) is 9.53 Å². The second kappa shape index (κ2) is 14.4. The maximum absolute atomic E-state index is 14.1. The van der Waals surface area contributed by atoms with Gasteiger partial charge >= 0.3 is 5.97 Å². The minimum absolute atomic E-state index is 0.0697. The normalized spacial score (nSPS) is 21.4. The Hall–Kier alpha value is -4.65. The van der Waals surface area contributed by atoms with Crippen molar-refractivity contribution in [2.45, 2.75) is 73.3 Å². The number of nitrogens with zero attached hydrogens (tertiary/aromatic N) is 6. The van der Waals surface area contributed by atoms with E-state index in [1.807, 2.05) is 13.0 Å². The molecule has 3 aromatic rings. The van der Waals surface area contributed by atoms with Crippen molar-refractivity contribution in [1.82, 2.24) is 14.8 Å². The number of methoxy groups -OCH3 is 2. The maximum atomic E-state index is 14.1. The van der Waals surface area contributed by atoms with Gasteiger partial charge in [-0.2, -0.15) is 0 Å². The predicted molar refractivity (Wildman–Crippen MR) is 185 cm³/mol. The van der Waals surface area contributed by atoms with Crippen LogP contribution in [0, 0.1) is 31.2 Å². The van der Waals surface area contributed by atoms with E-state index in [0.29, 0.717) is 34.5 Å². The molecule has 5 rings (SSSR count). The van der Waals surface area contributed by atoms with Crippen molar-refractivity contribution in [2.75, 3.05) is 32.2 Å². The Morgan fingerprint density at radius 1 is 1.09 bits per heavy atom. The van der Waals surface area contributed by atoms with Crippen molar-refractivity contribution in [3.63, 3.8) is 0 Å². The van der Waals surface area contributed by atoms with Gasteiger partial charge in [0.1, 0.15) is 23.2 Å². The molecule has 10 nitrogen and oxygen atoms in total. The van der Waals surface area contributed by atoms with Crippen LogP contribution in [0.15, 0.2) is 47.1 Å². The second-order valence-electron chi connectivity index (χ2n) is 12.8. The zero-order chi connectivity index (χ0) is 33.8. The third-order valence-electron chi connectivity index (χ3n) is 9.29. The molecule has 47 heavy (non-hydrogen) atoms. The average Bonchev–Trinajstić information content (AvgIpc) is 3.61. The third kappa shape index (κ3) is 6.76. The lowest BCUT2D eigenvalue weighted by Crippen LogP contribution is -2.37. The Morgan fingerprint density at radius 3 is 2.45 bits per heavy atom. The SMILES string of the molecule is [C-]#[N+]C1=C(C(=O)OC2C(C)CC(C)CC2C)c2nc(-c3cc(OC)ccc3OC)nn2C1=Nc1ccc(N(CC)CCCC)cc1C. The summed E-state index contributed by atoms with van der Waals surface area (Å²) in [4.78, 5) is 30.0. The van der Waals surface area contributed by atoms with E-state index < -0.39 is 5.97 Å². The number of benzene rings is 2. The van der Waals surface area contributed by atoms with Gasteiger partial charge in [-0.15, -0.1) is 5.10 Å². The summed E-state index contributed by atoms with van der Waals surface area (Å²) in [6.45, 7) is 22.9. The van der Waals surface area contributed by atoms with Gasteiger partial charge in [-0.05, 0) is 92.8 Å². The van der Waals surface area contributed by atoms with E-state index in [1.165, 1.54) is 4.68 Å². The molecule has 0 bridgehead atoms. The van der Waals surface area contributed by atoms with E-state index in [0.717, 1.165) is 50.0 Å². The van der Waals surface area contributed by atoms with Crippen molar-refractivity contribution in [1.29, 1.82) is 0 Å². The van der Waals surface area contributed by atoms with Gasteiger partial charge in [0.25, 0.3) is 0 Å². The summed E-state index contributed by atoms with van der Waals surface area (Å²) in [6.07, 6.45) is 3.92. The Bertz CT molecular complexity index is 1720. The van der Waals surface area contributed by atoms with E-state index in [1.54, 1.807) is 32.4 Å². The molecule has 0 amide bonds. The van der Waals surface area contributed by atoms with E-state index in [2.05, 4.69) is 56.5 Å². The second-order valence-corrected chi connectivity index (χ2v) is 12.8. The highest BCUT2D eigenvalue weighted by molar-refractivity contribution is 6.29. The van der Waals surface area contributed by atoms with E-state index >= 15 is 0 Å². The van der Waals surface area contributed by atoms with Crippen LogP contribution >= 0.6 is 0 Å². The molecule has 1 aromatic heterocycles. The number of rotatable bonds is 11. The molecule has 0 saturated heterocycles. The number of hydrogen-bond acceptors (Lipinski definition) is 8. The molecule has 2 atom stereocenters. The minimum atomic E-state index is -0.584. The smallest absolute Gasteiger partial charge is 0.331 e. The molecule has 2 unspecified atom stereocenters. The fourth-order valence-corrected chi connectivity index (χ4v) is 6.94. The maximum Gasteiger partial charge on any atom is 0.331 e. The fourth-order valence-electron chi connectivity index (χ4n) is 6.94. The summed E-state index contributed by atoms with van der Waals surface area (Å²) in [6, 6.07) is 11.5. The molecule has 1 saturated carbocycles. The van der Waals surface area contributed by atoms with Crippen molar-refractivity contribution in [2.24, 2.45) is 22.7 Å². The van der Waals surface area contributed by atoms with Crippen molar-refractivity contribution in [3.05, 3.63) is 64.9 Å². The Morgan fingerprint density at radius 2 is 1.83 bits per heavy atom. The summed E-state index contributed by atoms with van der Waals surface area (Å²) >= 11 is 0. The van der Waals surface area contributed by atoms with E-state index in [-0.39, 0.29) is 40.9 Å². The minimum Gasteiger partial charge on any atom is -0.497 e. The first kappa shape index (κ1) is 33.7. The molecule has 2 aromatic carbocycles. The van der Waals surface area contributed by atoms with Crippen LogP contribution < -0.4 is 14.4 Å². The number of carbonyl (C=O) groups is 1. The van der Waals surface area contributed by atoms with Crippen molar-refractivity contribution >= 4 is 28.8 Å². The van der Waals surface area contributed by atoms with Crippen LogP contribution in [0.4, 0.5) is 11.4 Å². The van der Waals surface area contributed by atoms with Crippen LogP contribution in [0.1, 0.15) is 71.7 Å². The fraction of sp³-hybridized carbons (Fsp3) is 0.486. The van der Waals surface area contributed by atoms with Gasteiger partial charge in [0.05, 0.1) is 32.0 Å². The quantitative estimate of drug-likeness (QED) is 0.157. The van der Waals surface area contributed by atoms with Gasteiger partial charge in [-0.25, -0.2) is 24.3 Å². The van der Waals surface area contributed by atoms with Gasteiger partial charge < -0.3 is 19.1 Å². The molecule has 1 aliphatic carbocycles. The average molecular weight is 639 g/mol. The van der Waals surface area contributed by atoms with E-state index in [9.17, 15) is 4.79 Å². The highest BCUT2D eigenvalue weighted by Crippen LogP contribution is 2.39. The first-order valence-electron chi connectivity index (χ1n) is 16.6. The monoisotopic (exact) mass is 638 g/mol. The van der Waals surface area contributed by atoms with Gasteiger partial charge in [0.2, 0.25) is 5.70 Å². The molecule has 2 aliphatic rings. The van der Waals surface area contributed by atoms with Gasteiger partial charge in [-0.3, -0.25) is 0 Å². The highest BCUT2D eigenvalue weighted by atomic mass is 16.5. The number of fused-ring (bicyclic) bond motifs is 1. The van der Waals surface area contributed by atoms with E-state index in [4.69, 9.17) is 35.9 Å². The summed E-state index contributed by atoms with van der Waals surface area (Å²) < 4.78 is 18.8. The predicted octanol–water partition coefficient (Wildman–Crippen LogP) is 7.73. The topological polar surface area (TPSA) is 95.4 Å². The molecule has 0 radical (unpaired) electrons. The Kier molecular flexibility index (Phi) is 10.3. The number of hydrogen-bond donors (Lipinski definition) is 0. The standard InChI is InChI=1S/C37H46N6O4/c1-10-12-17-42(11-2)26-13-15-29(23(4)20-26)39-36-32(38-7)31(37(44)47-33-24(5)18-22(3)19-25(33)6)35-40-34(41-43(35)36)28-21-27(45-8)14-16-30(28)46-9/h13-16,20-22,24-25,33H,10-12,17-19H2,1-6,8-9H3. The lowest BCUT2D eigenvalue weighted by atomic mass is 9.75. The number of anilines is 1. The van der Waals surface area contributed by atoms with Crippen LogP contribution in [0.5, 0.6) is 11.5 Å². The summed E-state index contributed by atoms with van der Waals surface area (Å²) in [7, 11) is 3.16. The van der Waals surface area contributed by atoms with Crippen molar-refractivity contribution in [3.8, 4) is 22.9 Å². The number of aliphatic imine (C=N–C) groups is 1. The number of esters is 1. The summed E-state index contributed by atoms with van der Waals surface area (Å²) in [5.41, 5.74) is 3.47. The Balaban J connectivity index is 1.63. The molecule has 1 aliphatic heterocycles. The third-order valence-corrected chi connectivity index (χ3v) is 9.29. The number of aryl methyl sites for hydroxylation is 1. The molecule has 1 fully saturated rings. The molecule has 2 heterocycles. The van der Waals surface area contributed by atoms with Gasteiger partial charge in [-0.1, -0.05) is 34.1 Å². The first-order chi connectivity index (χ1) is 22.6. The molecular weight excluding hydrogens is 592 g/mol. The largest absolute Gasteiger partial charge is 0.497 e. The molecule has 248 valence electrons. The van der Waals surface area contributed by atoms with Gasteiger partial charge in [0.15, 0.2) is 17.5 Å². The summed E-state index contributed by atoms with van der Waals surface area (Å²) in [5.74, 6) is 2.27. The Labute approximate surface area is 278 Å². The van der Waals surface area contributed by atoms with Crippen LogP contribution in [0.2, 0.25) is 0 Å². The van der Waals surface area contributed by atoms with Crippen molar-refractivity contribution < 1.29 is 19.0 Å². The molecule has 0 spiro atoms. The molecule has 10 heteroatoms. The number of ether oxygens (including phenoxy) is 3. The first-order valence-corrected chi connectivity index (χ1v) is 16.6. The number of unbranched alkanes of at least 4 members (excludes halogenated alkanes) is 1. The van der Waals surface area contributed by atoms with Gasteiger partial charge in [0, 0.05) is 18.8 Å².